The van der Waals surface area contributed by atoms with Crippen LogP contribution < -0.4 is 10.2 Å². The van der Waals surface area contributed by atoms with Gasteiger partial charge in [0.15, 0.2) is 0 Å². The van der Waals surface area contributed by atoms with Gasteiger partial charge in [0.2, 0.25) is 0 Å². The van der Waals surface area contributed by atoms with E-state index < -0.39 is 0 Å². The number of urea groups is 1. The molecule has 0 spiro atoms. The van der Waals surface area contributed by atoms with Gasteiger partial charge in [-0.2, -0.15) is 0 Å². The van der Waals surface area contributed by atoms with Crippen molar-refractivity contribution in [1.82, 2.24) is 10.2 Å². The number of para-hydroxylation sites is 1. The highest BCUT2D eigenvalue weighted by Crippen LogP contribution is 2.36. The first kappa shape index (κ1) is 13.9. The molecule has 1 aromatic carbocycles. The summed E-state index contributed by atoms with van der Waals surface area (Å²) in [6, 6.07) is 8.73. The summed E-state index contributed by atoms with van der Waals surface area (Å²) in [5.41, 5.74) is 2.27. The van der Waals surface area contributed by atoms with Crippen LogP contribution in [0.2, 0.25) is 0 Å². The Bertz CT molecular complexity index is 456. The van der Waals surface area contributed by atoms with Crippen LogP contribution in [0.1, 0.15) is 31.9 Å². The van der Waals surface area contributed by atoms with E-state index in [0.717, 1.165) is 18.7 Å². The molecule has 1 aliphatic rings. The maximum Gasteiger partial charge on any atom is 0.322 e. The molecule has 1 heterocycles. The van der Waals surface area contributed by atoms with Gasteiger partial charge in [-0.05, 0) is 46.0 Å². The Morgan fingerprint density at radius 3 is 2.68 bits per heavy atom. The number of amides is 2. The number of anilines is 1. The molecule has 0 saturated carbocycles. The average Bonchev–Trinajstić information content (AvgIpc) is 2.36. The Morgan fingerprint density at radius 1 is 1.37 bits per heavy atom. The van der Waals surface area contributed by atoms with Crippen molar-refractivity contribution in [3.05, 3.63) is 29.8 Å². The van der Waals surface area contributed by atoms with E-state index in [-0.39, 0.29) is 12.1 Å². The van der Waals surface area contributed by atoms with E-state index in [9.17, 15) is 4.79 Å². The molecule has 1 N–H and O–H groups in total. The lowest BCUT2D eigenvalue weighted by molar-refractivity contribution is 0.238. The maximum atomic E-state index is 12.2. The van der Waals surface area contributed by atoms with Crippen LogP contribution >= 0.6 is 0 Å². The van der Waals surface area contributed by atoms with E-state index in [0.29, 0.717) is 6.04 Å². The van der Waals surface area contributed by atoms with Crippen molar-refractivity contribution in [3.63, 3.8) is 0 Å². The van der Waals surface area contributed by atoms with Gasteiger partial charge in [-0.15, -0.1) is 0 Å². The third kappa shape index (κ3) is 2.89. The lowest BCUT2D eigenvalue weighted by Crippen LogP contribution is -2.46. The monoisotopic (exact) mass is 261 g/mol. The molecule has 1 unspecified atom stereocenters. The molecule has 4 heteroatoms. The van der Waals surface area contributed by atoms with Gasteiger partial charge in [0.25, 0.3) is 0 Å². The fourth-order valence-electron chi connectivity index (χ4n) is 2.61. The number of rotatable bonds is 2. The van der Waals surface area contributed by atoms with Crippen molar-refractivity contribution in [3.8, 4) is 0 Å². The minimum atomic E-state index is -0.000318. The standard InChI is InChI=1S/C15H23N3O/c1-11(2)16-15(19)18-10-9-13(17(3)4)12-7-5-6-8-14(12)18/h5-8,11,13H,9-10H2,1-4H3,(H,16,19). The lowest BCUT2D eigenvalue weighted by atomic mass is 9.96. The summed E-state index contributed by atoms with van der Waals surface area (Å²) >= 11 is 0. The minimum absolute atomic E-state index is 0.000318. The van der Waals surface area contributed by atoms with Crippen molar-refractivity contribution in [1.29, 1.82) is 0 Å². The van der Waals surface area contributed by atoms with E-state index >= 15 is 0 Å². The predicted molar refractivity (Wildman–Crippen MR) is 78.5 cm³/mol. The first-order valence-corrected chi connectivity index (χ1v) is 6.84. The number of carbonyl (C=O) groups excluding carboxylic acids is 1. The lowest BCUT2D eigenvalue weighted by Gasteiger charge is -2.37. The molecular formula is C15H23N3O. The number of hydrogen-bond acceptors (Lipinski definition) is 2. The van der Waals surface area contributed by atoms with Crippen molar-refractivity contribution in [2.45, 2.75) is 32.4 Å². The second-order valence-corrected chi connectivity index (χ2v) is 5.58. The first-order chi connectivity index (χ1) is 9.00. The number of nitrogens with zero attached hydrogens (tertiary/aromatic N) is 2. The molecule has 0 aliphatic carbocycles. The van der Waals surface area contributed by atoms with Crippen LogP contribution in [0.25, 0.3) is 0 Å². The topological polar surface area (TPSA) is 35.6 Å². The molecule has 0 saturated heterocycles. The molecule has 1 aliphatic heterocycles. The van der Waals surface area contributed by atoms with Gasteiger partial charge in [0.05, 0.1) is 5.69 Å². The zero-order valence-electron chi connectivity index (χ0n) is 12.2. The molecule has 2 amide bonds. The Labute approximate surface area is 115 Å². The van der Waals surface area contributed by atoms with Crippen molar-refractivity contribution < 1.29 is 4.79 Å². The zero-order valence-corrected chi connectivity index (χ0v) is 12.2. The van der Waals surface area contributed by atoms with E-state index in [1.807, 2.05) is 36.9 Å². The Kier molecular flexibility index (Phi) is 4.10. The number of benzene rings is 1. The first-order valence-electron chi connectivity index (χ1n) is 6.84. The largest absolute Gasteiger partial charge is 0.336 e. The number of fused-ring (bicyclic) bond motifs is 1. The van der Waals surface area contributed by atoms with Crippen LogP contribution in [0.5, 0.6) is 0 Å². The molecule has 2 rings (SSSR count). The van der Waals surface area contributed by atoms with E-state index in [2.05, 4.69) is 30.4 Å². The fourth-order valence-corrected chi connectivity index (χ4v) is 2.61. The highest BCUT2D eigenvalue weighted by atomic mass is 16.2. The van der Waals surface area contributed by atoms with Crippen molar-refractivity contribution in [2.75, 3.05) is 25.5 Å². The summed E-state index contributed by atoms with van der Waals surface area (Å²) in [6.07, 6.45) is 0.968. The Hall–Kier alpha value is -1.55. The van der Waals surface area contributed by atoms with Crippen LogP contribution in [0.4, 0.5) is 10.5 Å². The normalized spacial score (nSPS) is 18.6. The van der Waals surface area contributed by atoms with Crippen LogP contribution in [-0.4, -0.2) is 37.6 Å². The van der Waals surface area contributed by atoms with Gasteiger partial charge < -0.3 is 10.2 Å². The summed E-state index contributed by atoms with van der Waals surface area (Å²) in [5, 5.41) is 2.97. The van der Waals surface area contributed by atoms with Gasteiger partial charge >= 0.3 is 6.03 Å². The second-order valence-electron chi connectivity index (χ2n) is 5.58. The van der Waals surface area contributed by atoms with Gasteiger partial charge in [-0.3, -0.25) is 4.90 Å². The smallest absolute Gasteiger partial charge is 0.322 e. The Morgan fingerprint density at radius 2 is 2.05 bits per heavy atom. The van der Waals surface area contributed by atoms with Crippen LogP contribution in [0.3, 0.4) is 0 Å². The molecule has 104 valence electrons. The molecule has 1 atom stereocenters. The minimum Gasteiger partial charge on any atom is -0.336 e. The summed E-state index contributed by atoms with van der Waals surface area (Å²) < 4.78 is 0. The molecule has 0 radical (unpaired) electrons. The van der Waals surface area contributed by atoms with Gasteiger partial charge in [0, 0.05) is 18.6 Å². The Balaban J connectivity index is 2.30. The van der Waals surface area contributed by atoms with Crippen molar-refractivity contribution >= 4 is 11.7 Å². The molecule has 4 nitrogen and oxygen atoms in total. The van der Waals surface area contributed by atoms with Gasteiger partial charge in [-0.1, -0.05) is 18.2 Å². The number of nitrogens with one attached hydrogen (secondary N) is 1. The molecular weight excluding hydrogens is 238 g/mol. The highest BCUT2D eigenvalue weighted by molar-refractivity contribution is 5.93. The molecule has 1 aromatic rings. The molecule has 0 fully saturated rings. The average molecular weight is 261 g/mol. The third-order valence-corrected chi connectivity index (χ3v) is 3.49. The molecule has 0 bridgehead atoms. The SMILES string of the molecule is CC(C)NC(=O)N1CCC(N(C)C)c2ccccc21. The summed E-state index contributed by atoms with van der Waals surface area (Å²) in [7, 11) is 4.18. The summed E-state index contributed by atoms with van der Waals surface area (Å²) in [4.78, 5) is 16.3. The van der Waals surface area contributed by atoms with Gasteiger partial charge in [-0.25, -0.2) is 4.79 Å². The highest BCUT2D eigenvalue weighted by Gasteiger charge is 2.29. The quantitative estimate of drug-likeness (QED) is 0.888. The fraction of sp³-hybridized carbons (Fsp3) is 0.533. The number of carbonyl (C=O) groups is 1. The number of hydrogen-bond donors (Lipinski definition) is 1. The predicted octanol–water partition coefficient (Wildman–Crippen LogP) is 2.62. The molecule has 0 aromatic heterocycles. The van der Waals surface area contributed by atoms with Gasteiger partial charge in [0.1, 0.15) is 0 Å². The van der Waals surface area contributed by atoms with Crippen LogP contribution in [0.15, 0.2) is 24.3 Å². The molecule has 19 heavy (non-hydrogen) atoms. The van der Waals surface area contributed by atoms with E-state index in [1.165, 1.54) is 5.56 Å². The zero-order chi connectivity index (χ0) is 14.0. The second kappa shape index (κ2) is 5.61. The summed E-state index contributed by atoms with van der Waals surface area (Å²) in [5.74, 6) is 0. The van der Waals surface area contributed by atoms with Crippen LogP contribution in [0, 0.1) is 0 Å². The van der Waals surface area contributed by atoms with Crippen molar-refractivity contribution in [2.24, 2.45) is 0 Å². The van der Waals surface area contributed by atoms with Crippen LogP contribution in [-0.2, 0) is 0 Å². The third-order valence-electron chi connectivity index (χ3n) is 3.49. The maximum absolute atomic E-state index is 12.2. The van der Waals surface area contributed by atoms with E-state index in [1.54, 1.807) is 0 Å². The van der Waals surface area contributed by atoms with E-state index in [4.69, 9.17) is 0 Å². The summed E-state index contributed by atoms with van der Waals surface area (Å²) in [6.45, 7) is 4.73.